The van der Waals surface area contributed by atoms with E-state index in [0.717, 1.165) is 0 Å². The van der Waals surface area contributed by atoms with E-state index in [-0.39, 0.29) is 0 Å². The van der Waals surface area contributed by atoms with Gasteiger partial charge in [0, 0.05) is 39.0 Å². The molecule has 0 bridgehead atoms. The molecule has 5 rings (SSSR count). The van der Waals surface area contributed by atoms with Crippen LogP contribution >= 0.6 is 45.3 Å². The van der Waals surface area contributed by atoms with Crippen molar-refractivity contribution < 1.29 is 0 Å². The smallest absolute Gasteiger partial charge is 0.0481 e. The first-order valence-electron chi connectivity index (χ1n) is 17.1. The van der Waals surface area contributed by atoms with Crippen LogP contribution < -0.4 is 0 Å². The average Bonchev–Trinajstić information content (AvgIpc) is 3.83. The second kappa shape index (κ2) is 17.1. The molecule has 0 aliphatic rings. The van der Waals surface area contributed by atoms with Crippen LogP contribution in [0.5, 0.6) is 0 Å². The van der Waals surface area contributed by atoms with Crippen molar-refractivity contribution in [1.82, 2.24) is 0 Å². The van der Waals surface area contributed by atoms with Gasteiger partial charge in [0.15, 0.2) is 0 Å². The maximum absolute atomic E-state index is 2.49. The van der Waals surface area contributed by atoms with Gasteiger partial charge in [0.05, 0.1) is 0 Å². The van der Waals surface area contributed by atoms with E-state index < -0.39 is 0 Å². The van der Waals surface area contributed by atoms with Crippen LogP contribution in [-0.4, -0.2) is 0 Å². The van der Waals surface area contributed by atoms with Crippen LogP contribution in [-0.2, 0) is 12.8 Å². The summed E-state index contributed by atoms with van der Waals surface area (Å²) < 4.78 is 0. The highest BCUT2D eigenvalue weighted by molar-refractivity contribution is 7.29. The van der Waals surface area contributed by atoms with Gasteiger partial charge in [-0.25, -0.2) is 0 Å². The largest absolute Gasteiger partial charge is 0.139 e. The van der Waals surface area contributed by atoms with Gasteiger partial charge in [0.2, 0.25) is 0 Å². The summed E-state index contributed by atoms with van der Waals surface area (Å²) in [5.74, 6) is 0. The Bertz CT molecular complexity index is 1550. The molecule has 0 aliphatic heterocycles. The molecule has 5 aromatic rings. The van der Waals surface area contributed by atoms with Crippen molar-refractivity contribution in [3.8, 4) is 39.7 Å². The molecular weight excluding hydrogens is 609 g/mol. The fraction of sp³-hybridized carbons (Fsp3) is 0.450. The van der Waals surface area contributed by atoms with Gasteiger partial charge in [-0.1, -0.05) is 108 Å². The van der Waals surface area contributed by atoms with E-state index in [0.29, 0.717) is 0 Å². The first-order valence-corrected chi connectivity index (χ1v) is 20.3. The number of thiophene rings is 4. The van der Waals surface area contributed by atoms with Crippen LogP contribution in [0.3, 0.4) is 0 Å². The minimum absolute atomic E-state index is 1.18. The lowest BCUT2D eigenvalue weighted by atomic mass is 10.0. The Morgan fingerprint density at radius 1 is 0.432 bits per heavy atom. The Kier molecular flexibility index (Phi) is 13.0. The molecule has 4 heterocycles. The zero-order valence-corrected chi connectivity index (χ0v) is 30.6. The zero-order chi connectivity index (χ0) is 30.7. The molecular formula is C40H50S4. The van der Waals surface area contributed by atoms with E-state index >= 15 is 0 Å². The quantitative estimate of drug-likeness (QED) is 0.0822. The molecule has 4 heteroatoms. The van der Waals surface area contributed by atoms with Gasteiger partial charge >= 0.3 is 0 Å². The van der Waals surface area contributed by atoms with Crippen molar-refractivity contribution in [2.75, 3.05) is 0 Å². The Hall–Kier alpha value is -1.98. The maximum atomic E-state index is 2.49. The highest BCUT2D eigenvalue weighted by Crippen LogP contribution is 2.46. The van der Waals surface area contributed by atoms with Crippen molar-refractivity contribution in [3.63, 3.8) is 0 Å². The Morgan fingerprint density at radius 3 is 1.48 bits per heavy atom. The third-order valence-corrected chi connectivity index (χ3v) is 13.6. The second-order valence-corrected chi connectivity index (χ2v) is 16.9. The van der Waals surface area contributed by atoms with Gasteiger partial charge in [-0.15, -0.1) is 45.3 Å². The normalized spacial score (nSPS) is 11.5. The average molecular weight is 659 g/mol. The number of rotatable bonds is 18. The topological polar surface area (TPSA) is 0 Å². The van der Waals surface area contributed by atoms with Crippen LogP contribution in [0.25, 0.3) is 39.7 Å². The Labute approximate surface area is 283 Å². The molecule has 0 spiro atoms. The van der Waals surface area contributed by atoms with Gasteiger partial charge in [0.1, 0.15) is 0 Å². The molecule has 234 valence electrons. The fourth-order valence-corrected chi connectivity index (χ4v) is 10.7. The van der Waals surface area contributed by atoms with Gasteiger partial charge in [-0.05, 0) is 92.6 Å². The van der Waals surface area contributed by atoms with E-state index in [4.69, 9.17) is 0 Å². The van der Waals surface area contributed by atoms with E-state index in [9.17, 15) is 0 Å². The van der Waals surface area contributed by atoms with Gasteiger partial charge < -0.3 is 0 Å². The second-order valence-electron chi connectivity index (χ2n) is 12.4. The zero-order valence-electron chi connectivity index (χ0n) is 27.3. The van der Waals surface area contributed by atoms with Crippen LogP contribution in [0, 0.1) is 13.8 Å². The predicted octanol–water partition coefficient (Wildman–Crippen LogP) is 15.0. The van der Waals surface area contributed by atoms with E-state index in [1.54, 1.807) is 5.56 Å². The molecule has 0 atom stereocenters. The third kappa shape index (κ3) is 9.06. The SMILES string of the molecule is CCCCCCCCc1cc(C)sc1-c1ccc(-c2ccc(-c3sc(-c4ccc(C)cc4)cc3CCCCCCCC)s2)s1. The lowest BCUT2D eigenvalue weighted by Gasteiger charge is -2.03. The number of aryl methyl sites for hydroxylation is 4. The Morgan fingerprint density at radius 2 is 0.909 bits per heavy atom. The monoisotopic (exact) mass is 658 g/mol. The summed E-state index contributed by atoms with van der Waals surface area (Å²) in [5, 5.41) is 0. The predicted molar refractivity (Wildman–Crippen MR) is 203 cm³/mol. The highest BCUT2D eigenvalue weighted by atomic mass is 32.1. The number of unbranched alkanes of at least 4 members (excludes halogenated alkanes) is 10. The fourth-order valence-electron chi connectivity index (χ4n) is 6.02. The van der Waals surface area contributed by atoms with Crippen LogP contribution in [0.1, 0.15) is 112 Å². The third-order valence-electron chi connectivity index (χ3n) is 8.58. The Balaban J connectivity index is 1.32. The van der Waals surface area contributed by atoms with Crippen LogP contribution in [0.15, 0.2) is 60.7 Å². The molecule has 0 amide bonds. The number of benzene rings is 1. The van der Waals surface area contributed by atoms with Gasteiger partial charge in [0.25, 0.3) is 0 Å². The molecule has 0 N–H and O–H groups in total. The molecule has 0 saturated heterocycles. The lowest BCUT2D eigenvalue weighted by molar-refractivity contribution is 0.608. The van der Waals surface area contributed by atoms with Crippen molar-refractivity contribution in [2.45, 2.75) is 118 Å². The summed E-state index contributed by atoms with van der Waals surface area (Å²) >= 11 is 7.93. The van der Waals surface area contributed by atoms with Crippen LogP contribution in [0.2, 0.25) is 0 Å². The molecule has 0 unspecified atom stereocenters. The van der Waals surface area contributed by atoms with Crippen LogP contribution in [0.4, 0.5) is 0 Å². The standard InChI is InChI=1S/C40H50S4/c1-5-7-9-11-13-15-17-32-27-30(4)41-39(32)36-25-23-34(42-36)35-24-26-37(43-35)40-33(18-16-14-12-10-8-6-2)28-38(44-40)31-21-19-29(3)20-22-31/h19-28H,5-18H2,1-4H3. The summed E-state index contributed by atoms with van der Waals surface area (Å²) in [4.78, 5) is 11.5. The van der Waals surface area contributed by atoms with E-state index in [1.807, 2.05) is 45.3 Å². The summed E-state index contributed by atoms with van der Waals surface area (Å²) in [7, 11) is 0. The number of hydrogen-bond donors (Lipinski definition) is 0. The van der Waals surface area contributed by atoms with Gasteiger partial charge in [-0.2, -0.15) is 0 Å². The lowest BCUT2D eigenvalue weighted by Crippen LogP contribution is -1.86. The maximum Gasteiger partial charge on any atom is 0.0481 e. The number of hydrogen-bond acceptors (Lipinski definition) is 4. The van der Waals surface area contributed by atoms with E-state index in [1.165, 1.54) is 146 Å². The highest BCUT2D eigenvalue weighted by Gasteiger charge is 2.17. The molecule has 0 aliphatic carbocycles. The summed E-state index contributed by atoms with van der Waals surface area (Å²) in [6, 6.07) is 23.5. The minimum Gasteiger partial charge on any atom is -0.139 e. The molecule has 0 fully saturated rings. The minimum atomic E-state index is 1.18. The molecule has 1 aromatic carbocycles. The van der Waals surface area contributed by atoms with Crippen molar-refractivity contribution in [1.29, 1.82) is 0 Å². The summed E-state index contributed by atoms with van der Waals surface area (Å²) in [6.45, 7) is 9.04. The van der Waals surface area contributed by atoms with Gasteiger partial charge in [-0.3, -0.25) is 0 Å². The molecule has 44 heavy (non-hydrogen) atoms. The first-order chi connectivity index (χ1) is 21.6. The van der Waals surface area contributed by atoms with Crippen molar-refractivity contribution in [3.05, 3.63) is 82.2 Å². The molecule has 0 saturated carbocycles. The van der Waals surface area contributed by atoms with Crippen molar-refractivity contribution in [2.24, 2.45) is 0 Å². The van der Waals surface area contributed by atoms with Crippen molar-refractivity contribution >= 4 is 45.3 Å². The first kappa shape index (κ1) is 33.4. The molecule has 4 aromatic heterocycles. The molecule has 0 nitrogen and oxygen atoms in total. The summed E-state index contributed by atoms with van der Waals surface area (Å²) in [6.07, 6.45) is 18.6. The molecule has 0 radical (unpaired) electrons. The van der Waals surface area contributed by atoms with E-state index in [2.05, 4.69) is 88.4 Å². The summed E-state index contributed by atoms with van der Waals surface area (Å²) in [5.41, 5.74) is 5.77.